The molecule has 1 fully saturated rings. The fourth-order valence-electron chi connectivity index (χ4n) is 3.45. The summed E-state index contributed by atoms with van der Waals surface area (Å²) < 4.78 is 0. The Hall–Kier alpha value is -1.82. The first-order valence-corrected chi connectivity index (χ1v) is 10.6. The number of amides is 1. The SMILES string of the molecule is CCCC[C@@H](CC)CNC(=S)N1CCC(C(=O)Nc2ccccc2O)CC1. The van der Waals surface area contributed by atoms with Crippen molar-refractivity contribution >= 4 is 28.9 Å². The summed E-state index contributed by atoms with van der Waals surface area (Å²) in [6.45, 7) is 6.97. The molecule has 150 valence electrons. The Kier molecular flexibility index (Phi) is 8.85. The summed E-state index contributed by atoms with van der Waals surface area (Å²) in [6, 6.07) is 6.82. The lowest BCUT2D eigenvalue weighted by Crippen LogP contribution is -2.46. The van der Waals surface area contributed by atoms with E-state index in [2.05, 4.69) is 29.4 Å². The molecular formula is C21H33N3O2S. The lowest BCUT2D eigenvalue weighted by molar-refractivity contribution is -0.121. The average molecular weight is 392 g/mol. The summed E-state index contributed by atoms with van der Waals surface area (Å²) in [4.78, 5) is 14.6. The molecule has 27 heavy (non-hydrogen) atoms. The van der Waals surface area contributed by atoms with Gasteiger partial charge in [-0.3, -0.25) is 4.79 Å². The van der Waals surface area contributed by atoms with Crippen molar-refractivity contribution in [3.8, 4) is 5.75 Å². The Labute approximate surface area is 168 Å². The molecule has 0 unspecified atom stereocenters. The topological polar surface area (TPSA) is 64.6 Å². The zero-order valence-electron chi connectivity index (χ0n) is 16.5. The third-order valence-corrected chi connectivity index (χ3v) is 5.80. The molecule has 0 spiro atoms. The molecule has 1 aliphatic rings. The number of benzene rings is 1. The average Bonchev–Trinajstić information content (AvgIpc) is 2.69. The Morgan fingerprint density at radius 1 is 1.30 bits per heavy atom. The van der Waals surface area contributed by atoms with Crippen LogP contribution in [0.25, 0.3) is 0 Å². The van der Waals surface area contributed by atoms with Crippen LogP contribution in [0, 0.1) is 11.8 Å². The van der Waals surface area contributed by atoms with Crippen LogP contribution in [0.2, 0.25) is 0 Å². The van der Waals surface area contributed by atoms with Gasteiger partial charge in [-0.1, -0.05) is 45.2 Å². The van der Waals surface area contributed by atoms with Gasteiger partial charge in [0.05, 0.1) is 5.69 Å². The van der Waals surface area contributed by atoms with E-state index in [0.29, 0.717) is 11.6 Å². The number of likely N-dealkylation sites (tertiary alicyclic amines) is 1. The summed E-state index contributed by atoms with van der Waals surface area (Å²) in [5.41, 5.74) is 0.472. The minimum Gasteiger partial charge on any atom is -0.506 e. The molecule has 1 amide bonds. The third-order valence-electron chi connectivity index (χ3n) is 5.40. The number of aromatic hydroxyl groups is 1. The van der Waals surface area contributed by atoms with Crippen LogP contribution in [0.15, 0.2) is 24.3 Å². The number of nitrogens with zero attached hydrogens (tertiary/aromatic N) is 1. The van der Waals surface area contributed by atoms with Gasteiger partial charge in [-0.15, -0.1) is 0 Å². The lowest BCUT2D eigenvalue weighted by Gasteiger charge is -2.33. The number of unbranched alkanes of at least 4 members (excludes halogenated alkanes) is 1. The highest BCUT2D eigenvalue weighted by atomic mass is 32.1. The van der Waals surface area contributed by atoms with Crippen LogP contribution in [0.3, 0.4) is 0 Å². The molecule has 3 N–H and O–H groups in total. The van der Waals surface area contributed by atoms with E-state index in [1.807, 2.05) is 0 Å². The number of hydrogen-bond acceptors (Lipinski definition) is 3. The van der Waals surface area contributed by atoms with Crippen LogP contribution in [0.1, 0.15) is 52.4 Å². The van der Waals surface area contributed by atoms with Crippen molar-refractivity contribution in [2.45, 2.75) is 52.4 Å². The highest BCUT2D eigenvalue weighted by Gasteiger charge is 2.26. The second kappa shape index (κ2) is 11.1. The van der Waals surface area contributed by atoms with E-state index in [1.165, 1.54) is 25.7 Å². The number of carbonyl (C=O) groups excluding carboxylic acids is 1. The number of carbonyl (C=O) groups is 1. The fourth-order valence-corrected chi connectivity index (χ4v) is 3.71. The largest absolute Gasteiger partial charge is 0.506 e. The molecule has 1 aliphatic heterocycles. The number of nitrogens with one attached hydrogen (secondary N) is 2. The van der Waals surface area contributed by atoms with Gasteiger partial charge in [0.1, 0.15) is 5.75 Å². The number of thiocarbonyl (C=S) groups is 1. The number of hydrogen-bond donors (Lipinski definition) is 3. The second-order valence-corrected chi connectivity index (χ2v) is 7.76. The van der Waals surface area contributed by atoms with Gasteiger partial charge in [0.25, 0.3) is 0 Å². The van der Waals surface area contributed by atoms with Crippen LogP contribution >= 0.6 is 12.2 Å². The van der Waals surface area contributed by atoms with Crippen LogP contribution < -0.4 is 10.6 Å². The van der Waals surface area contributed by atoms with Crippen molar-refractivity contribution in [3.05, 3.63) is 24.3 Å². The summed E-state index contributed by atoms with van der Waals surface area (Å²) in [6.07, 6.45) is 6.46. The van der Waals surface area contributed by atoms with Gasteiger partial charge in [-0.2, -0.15) is 0 Å². The molecule has 1 atom stereocenters. The molecule has 1 aromatic carbocycles. The molecule has 1 aromatic rings. The first-order chi connectivity index (χ1) is 13.0. The zero-order chi connectivity index (χ0) is 19.6. The van der Waals surface area contributed by atoms with Gasteiger partial charge in [0.15, 0.2) is 5.11 Å². The standard InChI is InChI=1S/C21H33N3O2S/c1-3-5-8-16(4-2)15-22-21(27)24-13-11-17(12-14-24)20(26)23-18-9-6-7-10-19(18)25/h6-7,9-10,16-17,25H,3-5,8,11-15H2,1-2H3,(H,22,27)(H,23,26)/t16-/m1/s1. The molecule has 0 radical (unpaired) electrons. The highest BCUT2D eigenvalue weighted by Crippen LogP contribution is 2.25. The van der Waals surface area contributed by atoms with Gasteiger partial charge < -0.3 is 20.6 Å². The van der Waals surface area contributed by atoms with Gasteiger partial charge in [0, 0.05) is 25.6 Å². The van der Waals surface area contributed by atoms with E-state index >= 15 is 0 Å². The lowest BCUT2D eigenvalue weighted by atomic mass is 9.96. The van der Waals surface area contributed by atoms with Gasteiger partial charge in [-0.05, 0) is 49.5 Å². The Balaban J connectivity index is 1.74. The summed E-state index contributed by atoms with van der Waals surface area (Å²) >= 11 is 5.56. The van der Waals surface area contributed by atoms with E-state index < -0.39 is 0 Å². The van der Waals surface area contributed by atoms with E-state index in [1.54, 1.807) is 24.3 Å². The van der Waals surface area contributed by atoms with Crippen molar-refractivity contribution < 1.29 is 9.90 Å². The van der Waals surface area contributed by atoms with Crippen molar-refractivity contribution in [1.29, 1.82) is 0 Å². The van der Waals surface area contributed by atoms with Gasteiger partial charge in [0.2, 0.25) is 5.91 Å². The fraction of sp³-hybridized carbons (Fsp3) is 0.619. The van der Waals surface area contributed by atoms with Gasteiger partial charge in [-0.25, -0.2) is 0 Å². The number of rotatable bonds is 8. The number of piperidine rings is 1. The van der Waals surface area contributed by atoms with Gasteiger partial charge >= 0.3 is 0 Å². The molecule has 6 heteroatoms. The van der Waals surface area contributed by atoms with E-state index in [0.717, 1.165) is 37.6 Å². The molecule has 0 bridgehead atoms. The van der Waals surface area contributed by atoms with E-state index in [9.17, 15) is 9.90 Å². The molecule has 5 nitrogen and oxygen atoms in total. The highest BCUT2D eigenvalue weighted by molar-refractivity contribution is 7.80. The molecule has 0 aliphatic carbocycles. The minimum absolute atomic E-state index is 0.0272. The molecule has 0 aromatic heterocycles. The number of anilines is 1. The van der Waals surface area contributed by atoms with Crippen molar-refractivity contribution in [1.82, 2.24) is 10.2 Å². The quantitative estimate of drug-likeness (QED) is 0.459. The third kappa shape index (κ3) is 6.69. The molecule has 0 saturated carbocycles. The Morgan fingerprint density at radius 3 is 2.63 bits per heavy atom. The molecule has 1 saturated heterocycles. The van der Waals surface area contributed by atoms with E-state index in [-0.39, 0.29) is 17.6 Å². The number of phenolic OH excluding ortho intramolecular Hbond substituents is 1. The van der Waals surface area contributed by atoms with Crippen LogP contribution in [0.5, 0.6) is 5.75 Å². The minimum atomic E-state index is -0.0448. The summed E-state index contributed by atoms with van der Waals surface area (Å²) in [5, 5.41) is 16.9. The summed E-state index contributed by atoms with van der Waals surface area (Å²) in [5.74, 6) is 0.698. The second-order valence-electron chi connectivity index (χ2n) is 7.37. The maximum absolute atomic E-state index is 12.5. The van der Waals surface area contributed by atoms with Crippen LogP contribution in [0.4, 0.5) is 5.69 Å². The predicted octanol–water partition coefficient (Wildman–Crippen LogP) is 4.13. The van der Waals surface area contributed by atoms with E-state index in [4.69, 9.17) is 12.2 Å². The predicted molar refractivity (Wildman–Crippen MR) is 115 cm³/mol. The van der Waals surface area contributed by atoms with Crippen LogP contribution in [-0.4, -0.2) is 40.7 Å². The monoisotopic (exact) mass is 391 g/mol. The zero-order valence-corrected chi connectivity index (χ0v) is 17.4. The first-order valence-electron chi connectivity index (χ1n) is 10.2. The molecule has 2 rings (SSSR count). The van der Waals surface area contributed by atoms with Crippen molar-refractivity contribution in [2.24, 2.45) is 11.8 Å². The van der Waals surface area contributed by atoms with Crippen molar-refractivity contribution in [2.75, 3.05) is 25.0 Å². The van der Waals surface area contributed by atoms with Crippen LogP contribution in [-0.2, 0) is 4.79 Å². The first kappa shape index (κ1) is 21.5. The normalized spacial score (nSPS) is 16.0. The maximum atomic E-state index is 12.5. The number of phenols is 1. The van der Waals surface area contributed by atoms with Crippen molar-refractivity contribution in [3.63, 3.8) is 0 Å². The Bertz CT molecular complexity index is 615. The summed E-state index contributed by atoms with van der Waals surface area (Å²) in [7, 11) is 0. The Morgan fingerprint density at radius 2 is 2.00 bits per heavy atom. The molecule has 1 heterocycles. The maximum Gasteiger partial charge on any atom is 0.227 e. The molecular weight excluding hydrogens is 358 g/mol. The smallest absolute Gasteiger partial charge is 0.227 e. The number of para-hydroxylation sites is 2.